The molecule has 0 aliphatic heterocycles. The minimum atomic E-state index is -0.776. The predicted octanol–water partition coefficient (Wildman–Crippen LogP) is -0.571. The molecule has 4 heteroatoms. The highest BCUT2D eigenvalue weighted by Gasteiger charge is 1.95. The second-order valence-corrected chi connectivity index (χ2v) is 1.61. The molecule has 0 aliphatic rings. The quantitative estimate of drug-likeness (QED) is 0.509. The first kappa shape index (κ1) is 7.23. The van der Waals surface area contributed by atoms with Gasteiger partial charge in [0, 0.05) is 6.04 Å². The molecule has 0 bridgehead atoms. The van der Waals surface area contributed by atoms with Crippen LogP contribution in [0.4, 0.5) is 4.79 Å². The van der Waals surface area contributed by atoms with E-state index < -0.39 is 6.09 Å². The Bertz CT molecular complexity index is 82.1. The number of carbonyl (C=O) groups is 1. The predicted molar refractivity (Wildman–Crippen MR) is 29.2 cm³/mol. The molecule has 0 aromatic carbocycles. The number of rotatable bonds is 2. The lowest BCUT2D eigenvalue weighted by Gasteiger charge is -2.02. The molecule has 0 aliphatic carbocycles. The molecule has 0 fully saturated rings. The molecule has 0 saturated heterocycles. The highest BCUT2D eigenvalue weighted by molar-refractivity contribution is 5.64. The van der Waals surface area contributed by atoms with E-state index in [1.807, 2.05) is 0 Å². The number of hydrogen-bond acceptors (Lipinski definition) is 3. The summed E-state index contributed by atoms with van der Waals surface area (Å²) in [5.74, 6) is 0. The van der Waals surface area contributed by atoms with Crippen molar-refractivity contribution in [1.29, 1.82) is 0 Å². The molecule has 0 saturated carbocycles. The lowest BCUT2D eigenvalue weighted by molar-refractivity contribution is 0.151. The molecule has 0 unspecified atom stereocenters. The van der Waals surface area contributed by atoms with Gasteiger partial charge in [0.1, 0.15) is 6.61 Å². The van der Waals surface area contributed by atoms with E-state index in [9.17, 15) is 4.79 Å². The Morgan fingerprint density at radius 1 is 1.88 bits per heavy atom. The van der Waals surface area contributed by atoms with Crippen LogP contribution in [0.1, 0.15) is 6.92 Å². The van der Waals surface area contributed by atoms with Gasteiger partial charge in [0.2, 0.25) is 0 Å². The van der Waals surface area contributed by atoms with Crippen molar-refractivity contribution >= 4 is 6.09 Å². The normalized spacial score (nSPS) is 12.8. The van der Waals surface area contributed by atoms with Crippen molar-refractivity contribution in [2.24, 2.45) is 11.5 Å². The van der Waals surface area contributed by atoms with Gasteiger partial charge in [-0.15, -0.1) is 0 Å². The molecule has 4 nitrogen and oxygen atoms in total. The fourth-order valence-corrected chi connectivity index (χ4v) is 0.214. The van der Waals surface area contributed by atoms with Gasteiger partial charge in [-0.25, -0.2) is 4.79 Å². The van der Waals surface area contributed by atoms with Gasteiger partial charge in [-0.1, -0.05) is 0 Å². The van der Waals surface area contributed by atoms with Gasteiger partial charge in [0.25, 0.3) is 0 Å². The van der Waals surface area contributed by atoms with Crippen molar-refractivity contribution in [3.8, 4) is 0 Å². The van der Waals surface area contributed by atoms with Crippen LogP contribution in [0.15, 0.2) is 0 Å². The van der Waals surface area contributed by atoms with Gasteiger partial charge in [0.15, 0.2) is 0 Å². The van der Waals surface area contributed by atoms with E-state index in [1.54, 1.807) is 6.92 Å². The molecule has 0 spiro atoms. The topological polar surface area (TPSA) is 78.3 Å². The summed E-state index contributed by atoms with van der Waals surface area (Å²) in [7, 11) is 0. The Balaban J connectivity index is 3.05. The molecule has 48 valence electrons. The first-order chi connectivity index (χ1) is 3.63. The van der Waals surface area contributed by atoms with Gasteiger partial charge in [-0.2, -0.15) is 0 Å². The summed E-state index contributed by atoms with van der Waals surface area (Å²) in [5, 5.41) is 0. The maximum absolute atomic E-state index is 9.85. The highest BCUT2D eigenvalue weighted by atomic mass is 16.5. The number of hydrogen-bond donors (Lipinski definition) is 2. The lowest BCUT2D eigenvalue weighted by Crippen LogP contribution is -2.26. The first-order valence-corrected chi connectivity index (χ1v) is 2.30. The third-order valence-corrected chi connectivity index (χ3v) is 0.488. The molecule has 0 heterocycles. The zero-order valence-electron chi connectivity index (χ0n) is 4.76. The Labute approximate surface area is 47.8 Å². The van der Waals surface area contributed by atoms with Crippen molar-refractivity contribution in [3.05, 3.63) is 0 Å². The maximum atomic E-state index is 9.85. The molecule has 0 rings (SSSR count). The van der Waals surface area contributed by atoms with Crippen LogP contribution in [-0.4, -0.2) is 18.7 Å². The molecule has 0 radical (unpaired) electrons. The van der Waals surface area contributed by atoms with E-state index in [0.29, 0.717) is 0 Å². The number of nitrogens with two attached hydrogens (primary N) is 2. The number of primary amides is 1. The van der Waals surface area contributed by atoms with E-state index in [2.05, 4.69) is 10.5 Å². The van der Waals surface area contributed by atoms with E-state index in [-0.39, 0.29) is 12.6 Å². The van der Waals surface area contributed by atoms with Crippen LogP contribution in [0.5, 0.6) is 0 Å². The number of carbonyl (C=O) groups excluding carboxylic acids is 1. The van der Waals surface area contributed by atoms with Crippen LogP contribution in [0.2, 0.25) is 0 Å². The fraction of sp³-hybridized carbons (Fsp3) is 0.750. The van der Waals surface area contributed by atoms with Crippen molar-refractivity contribution < 1.29 is 9.53 Å². The molecule has 0 aromatic rings. The van der Waals surface area contributed by atoms with Gasteiger partial charge >= 0.3 is 6.09 Å². The molecule has 0 aromatic heterocycles. The summed E-state index contributed by atoms with van der Waals surface area (Å²) in [4.78, 5) is 9.85. The number of ether oxygens (including phenoxy) is 1. The summed E-state index contributed by atoms with van der Waals surface area (Å²) in [6.07, 6.45) is -0.776. The minimum Gasteiger partial charge on any atom is -0.448 e. The maximum Gasteiger partial charge on any atom is 0.404 e. The molecular formula is C4H10N2O2. The molecule has 1 amide bonds. The number of amides is 1. The molecule has 1 atom stereocenters. The van der Waals surface area contributed by atoms with Gasteiger partial charge in [-0.05, 0) is 6.92 Å². The fourth-order valence-electron chi connectivity index (χ4n) is 0.214. The van der Waals surface area contributed by atoms with Crippen LogP contribution >= 0.6 is 0 Å². The summed E-state index contributed by atoms with van der Waals surface area (Å²) in [6, 6.07) is -0.137. The van der Waals surface area contributed by atoms with Gasteiger partial charge < -0.3 is 16.2 Å². The third kappa shape index (κ3) is 5.23. The molecule has 4 N–H and O–H groups in total. The van der Waals surface area contributed by atoms with Gasteiger partial charge in [-0.3, -0.25) is 0 Å². The summed E-state index contributed by atoms with van der Waals surface area (Å²) in [5.41, 5.74) is 9.83. The first-order valence-electron chi connectivity index (χ1n) is 2.30. The zero-order valence-corrected chi connectivity index (χ0v) is 4.76. The lowest BCUT2D eigenvalue weighted by atomic mass is 10.4. The highest BCUT2D eigenvalue weighted by Crippen LogP contribution is 1.76. The van der Waals surface area contributed by atoms with Crippen molar-refractivity contribution in [2.45, 2.75) is 13.0 Å². The molecular weight excluding hydrogens is 108 g/mol. The SMILES string of the molecule is C[C@@H](N)COC(N)=O. The van der Waals surface area contributed by atoms with E-state index in [1.165, 1.54) is 0 Å². The van der Waals surface area contributed by atoms with Crippen LogP contribution in [-0.2, 0) is 4.74 Å². The Morgan fingerprint density at radius 3 is 2.50 bits per heavy atom. The van der Waals surface area contributed by atoms with Crippen LogP contribution < -0.4 is 11.5 Å². The standard InChI is InChI=1S/C4H10N2O2/c1-3(5)2-8-4(6)7/h3H,2,5H2,1H3,(H2,6,7)/t3-/m1/s1. The Kier molecular flexibility index (Phi) is 2.95. The largest absolute Gasteiger partial charge is 0.448 e. The summed E-state index contributed by atoms with van der Waals surface area (Å²) < 4.78 is 4.32. The summed E-state index contributed by atoms with van der Waals surface area (Å²) in [6.45, 7) is 1.91. The van der Waals surface area contributed by atoms with Crippen LogP contribution in [0.3, 0.4) is 0 Å². The smallest absolute Gasteiger partial charge is 0.404 e. The third-order valence-electron chi connectivity index (χ3n) is 0.488. The summed E-state index contributed by atoms with van der Waals surface area (Å²) >= 11 is 0. The van der Waals surface area contributed by atoms with Crippen molar-refractivity contribution in [3.63, 3.8) is 0 Å². The van der Waals surface area contributed by atoms with Crippen LogP contribution in [0.25, 0.3) is 0 Å². The monoisotopic (exact) mass is 118 g/mol. The van der Waals surface area contributed by atoms with E-state index in [0.717, 1.165) is 0 Å². The Morgan fingerprint density at radius 2 is 2.38 bits per heavy atom. The van der Waals surface area contributed by atoms with Crippen LogP contribution in [0, 0.1) is 0 Å². The minimum absolute atomic E-state index is 0.137. The van der Waals surface area contributed by atoms with E-state index >= 15 is 0 Å². The second-order valence-electron chi connectivity index (χ2n) is 1.61. The zero-order chi connectivity index (χ0) is 6.57. The van der Waals surface area contributed by atoms with Crippen molar-refractivity contribution in [2.75, 3.05) is 6.61 Å². The average molecular weight is 118 g/mol. The Hall–Kier alpha value is -0.770. The second kappa shape index (κ2) is 3.26. The average Bonchev–Trinajstić information content (AvgIpc) is 1.61. The van der Waals surface area contributed by atoms with E-state index in [4.69, 9.17) is 5.73 Å². The van der Waals surface area contributed by atoms with Gasteiger partial charge in [0.05, 0.1) is 0 Å². The molecule has 8 heavy (non-hydrogen) atoms. The van der Waals surface area contributed by atoms with Crippen molar-refractivity contribution in [1.82, 2.24) is 0 Å².